The summed E-state index contributed by atoms with van der Waals surface area (Å²) >= 11 is 5.84. The van der Waals surface area contributed by atoms with Crippen molar-refractivity contribution in [2.45, 2.75) is 18.4 Å². The monoisotopic (exact) mass is 246 g/mol. The van der Waals surface area contributed by atoms with Crippen LogP contribution in [-0.4, -0.2) is 15.2 Å². The first kappa shape index (κ1) is 10.6. The molecule has 1 saturated carbocycles. The number of halogens is 1. The van der Waals surface area contributed by atoms with E-state index in [1.807, 2.05) is 24.3 Å². The van der Waals surface area contributed by atoms with Crippen LogP contribution in [-0.2, 0) is 5.54 Å². The zero-order valence-electron chi connectivity index (χ0n) is 9.10. The topological polar surface area (TPSA) is 64.7 Å². The Balaban J connectivity index is 2.00. The van der Waals surface area contributed by atoms with Crippen LogP contribution in [0.1, 0.15) is 18.7 Å². The first-order chi connectivity index (χ1) is 8.17. The average Bonchev–Trinajstić information content (AvgIpc) is 3.10. The van der Waals surface area contributed by atoms with E-state index in [1.54, 1.807) is 6.20 Å². The van der Waals surface area contributed by atoms with Crippen molar-refractivity contribution in [2.75, 3.05) is 0 Å². The summed E-state index contributed by atoms with van der Waals surface area (Å²) in [5.74, 6) is 0.630. The Hall–Kier alpha value is -1.52. The van der Waals surface area contributed by atoms with Gasteiger partial charge in [-0.2, -0.15) is 5.10 Å². The molecule has 1 fully saturated rings. The fourth-order valence-corrected chi connectivity index (χ4v) is 1.76. The SMILES string of the molecule is NC1(c2nncc(-c3ccc(Cl)cc3)n2)CC1. The highest BCUT2D eigenvalue weighted by molar-refractivity contribution is 6.30. The maximum Gasteiger partial charge on any atom is 0.171 e. The maximum absolute atomic E-state index is 6.05. The molecule has 0 saturated heterocycles. The first-order valence-electron chi connectivity index (χ1n) is 5.42. The highest BCUT2D eigenvalue weighted by Gasteiger charge is 2.43. The molecule has 0 amide bonds. The van der Waals surface area contributed by atoms with Gasteiger partial charge in [0.25, 0.3) is 0 Å². The third-order valence-electron chi connectivity index (χ3n) is 2.93. The van der Waals surface area contributed by atoms with Crippen molar-refractivity contribution in [1.82, 2.24) is 15.2 Å². The predicted molar refractivity (Wildman–Crippen MR) is 65.4 cm³/mol. The van der Waals surface area contributed by atoms with Crippen LogP contribution in [0.2, 0.25) is 5.02 Å². The van der Waals surface area contributed by atoms with Crippen molar-refractivity contribution in [3.8, 4) is 11.3 Å². The van der Waals surface area contributed by atoms with Crippen LogP contribution in [0.5, 0.6) is 0 Å². The lowest BCUT2D eigenvalue weighted by Crippen LogP contribution is -2.22. The number of hydrogen-bond acceptors (Lipinski definition) is 4. The minimum atomic E-state index is -0.352. The lowest BCUT2D eigenvalue weighted by atomic mass is 10.1. The highest BCUT2D eigenvalue weighted by Crippen LogP contribution is 2.40. The number of nitrogens with two attached hydrogens (primary N) is 1. The molecule has 4 nitrogen and oxygen atoms in total. The second-order valence-electron chi connectivity index (χ2n) is 4.33. The molecule has 2 aromatic rings. The largest absolute Gasteiger partial charge is 0.319 e. The Morgan fingerprint density at radius 3 is 2.53 bits per heavy atom. The molecule has 0 unspecified atom stereocenters. The van der Waals surface area contributed by atoms with Gasteiger partial charge in [0, 0.05) is 10.6 Å². The van der Waals surface area contributed by atoms with Gasteiger partial charge in [0.15, 0.2) is 5.82 Å². The number of aromatic nitrogens is 3. The van der Waals surface area contributed by atoms with Gasteiger partial charge in [-0.05, 0) is 25.0 Å². The lowest BCUT2D eigenvalue weighted by molar-refractivity contribution is 0.650. The zero-order chi connectivity index (χ0) is 11.9. The van der Waals surface area contributed by atoms with Gasteiger partial charge in [0.05, 0.1) is 17.4 Å². The van der Waals surface area contributed by atoms with Gasteiger partial charge in [0.2, 0.25) is 0 Å². The molecular formula is C12H11ClN4. The van der Waals surface area contributed by atoms with Gasteiger partial charge >= 0.3 is 0 Å². The number of benzene rings is 1. The Morgan fingerprint density at radius 2 is 1.88 bits per heavy atom. The molecule has 1 aromatic carbocycles. The molecule has 0 bridgehead atoms. The molecule has 0 spiro atoms. The molecule has 1 aliphatic rings. The van der Waals surface area contributed by atoms with Gasteiger partial charge in [-0.3, -0.25) is 0 Å². The van der Waals surface area contributed by atoms with Gasteiger partial charge in [-0.15, -0.1) is 5.10 Å². The molecule has 0 aliphatic heterocycles. The lowest BCUT2D eigenvalue weighted by Gasteiger charge is -2.07. The zero-order valence-corrected chi connectivity index (χ0v) is 9.85. The van der Waals surface area contributed by atoms with Crippen molar-refractivity contribution in [3.63, 3.8) is 0 Å². The van der Waals surface area contributed by atoms with E-state index in [9.17, 15) is 0 Å². The van der Waals surface area contributed by atoms with Crippen LogP contribution in [0, 0.1) is 0 Å². The molecule has 1 aromatic heterocycles. The van der Waals surface area contributed by atoms with Crippen LogP contribution >= 0.6 is 11.6 Å². The van der Waals surface area contributed by atoms with Crippen LogP contribution in [0.15, 0.2) is 30.5 Å². The Labute approximate surface area is 104 Å². The Morgan fingerprint density at radius 1 is 1.18 bits per heavy atom. The quantitative estimate of drug-likeness (QED) is 0.882. The minimum Gasteiger partial charge on any atom is -0.319 e. The molecule has 1 heterocycles. The van der Waals surface area contributed by atoms with Gasteiger partial charge in [0.1, 0.15) is 0 Å². The van der Waals surface area contributed by atoms with Gasteiger partial charge < -0.3 is 5.73 Å². The normalized spacial score (nSPS) is 16.8. The summed E-state index contributed by atoms with van der Waals surface area (Å²) in [6.07, 6.45) is 3.50. The fraction of sp³-hybridized carbons (Fsp3) is 0.250. The first-order valence-corrected chi connectivity index (χ1v) is 5.80. The third kappa shape index (κ3) is 2.01. The molecule has 86 valence electrons. The highest BCUT2D eigenvalue weighted by atomic mass is 35.5. The summed E-state index contributed by atoms with van der Waals surface area (Å²) in [5, 5.41) is 8.67. The molecule has 2 N–H and O–H groups in total. The minimum absolute atomic E-state index is 0.352. The van der Waals surface area contributed by atoms with Crippen LogP contribution in [0.4, 0.5) is 0 Å². The Kier molecular flexibility index (Phi) is 2.34. The van der Waals surface area contributed by atoms with Crippen molar-refractivity contribution in [1.29, 1.82) is 0 Å². The number of hydrogen-bond donors (Lipinski definition) is 1. The van der Waals surface area contributed by atoms with Crippen LogP contribution in [0.3, 0.4) is 0 Å². The van der Waals surface area contributed by atoms with E-state index in [1.165, 1.54) is 0 Å². The van der Waals surface area contributed by atoms with Crippen molar-refractivity contribution in [2.24, 2.45) is 5.73 Å². The summed E-state index contributed by atoms with van der Waals surface area (Å²) in [6, 6.07) is 7.47. The second-order valence-corrected chi connectivity index (χ2v) is 4.76. The van der Waals surface area contributed by atoms with Crippen molar-refractivity contribution >= 4 is 11.6 Å². The van der Waals surface area contributed by atoms with E-state index >= 15 is 0 Å². The van der Waals surface area contributed by atoms with Crippen molar-refractivity contribution in [3.05, 3.63) is 41.3 Å². The molecule has 0 atom stereocenters. The van der Waals surface area contributed by atoms with E-state index in [0.29, 0.717) is 10.8 Å². The van der Waals surface area contributed by atoms with Crippen molar-refractivity contribution < 1.29 is 0 Å². The number of rotatable bonds is 2. The predicted octanol–water partition coefficient (Wildman–Crippen LogP) is 2.14. The number of nitrogens with zero attached hydrogens (tertiary/aromatic N) is 3. The standard InChI is InChI=1S/C12H11ClN4/c13-9-3-1-8(2-4-9)10-7-15-17-11(16-10)12(14)5-6-12/h1-4,7H,5-6,14H2. The van der Waals surface area contributed by atoms with Gasteiger partial charge in [-0.1, -0.05) is 23.7 Å². The van der Waals surface area contributed by atoms with E-state index in [2.05, 4.69) is 15.2 Å². The van der Waals surface area contributed by atoms with Crippen LogP contribution in [0.25, 0.3) is 11.3 Å². The average molecular weight is 247 g/mol. The second kappa shape index (κ2) is 3.75. The van der Waals surface area contributed by atoms with Gasteiger partial charge in [-0.25, -0.2) is 4.98 Å². The molecule has 5 heteroatoms. The van der Waals surface area contributed by atoms with E-state index in [0.717, 1.165) is 24.1 Å². The molecule has 1 aliphatic carbocycles. The van der Waals surface area contributed by atoms with E-state index in [-0.39, 0.29) is 5.54 Å². The van der Waals surface area contributed by atoms with E-state index < -0.39 is 0 Å². The summed E-state index contributed by atoms with van der Waals surface area (Å²) in [4.78, 5) is 4.46. The maximum atomic E-state index is 6.05. The van der Waals surface area contributed by atoms with Crippen LogP contribution < -0.4 is 5.73 Å². The third-order valence-corrected chi connectivity index (χ3v) is 3.18. The fourth-order valence-electron chi connectivity index (χ4n) is 1.63. The molecule has 3 rings (SSSR count). The molecular weight excluding hydrogens is 236 g/mol. The van der Waals surface area contributed by atoms with E-state index in [4.69, 9.17) is 17.3 Å². The summed E-state index contributed by atoms with van der Waals surface area (Å²) in [6.45, 7) is 0. The summed E-state index contributed by atoms with van der Waals surface area (Å²) in [5.41, 5.74) is 7.45. The molecule has 0 radical (unpaired) electrons. The molecule has 17 heavy (non-hydrogen) atoms. The summed E-state index contributed by atoms with van der Waals surface area (Å²) in [7, 11) is 0. The Bertz CT molecular complexity index is 549. The summed E-state index contributed by atoms with van der Waals surface area (Å²) < 4.78 is 0. The smallest absolute Gasteiger partial charge is 0.171 e.